The van der Waals surface area contributed by atoms with Gasteiger partial charge < -0.3 is 24.8 Å². The summed E-state index contributed by atoms with van der Waals surface area (Å²) < 4.78 is 11.2. The van der Waals surface area contributed by atoms with Gasteiger partial charge in [-0.2, -0.15) is 0 Å². The molecule has 1 fully saturated rings. The van der Waals surface area contributed by atoms with Gasteiger partial charge in [-0.3, -0.25) is 9.59 Å². The maximum atomic E-state index is 12.6. The Morgan fingerprint density at radius 3 is 2.23 bits per heavy atom. The summed E-state index contributed by atoms with van der Waals surface area (Å²) in [6.45, 7) is 5.14. The smallest absolute Gasteiger partial charge is 0.407 e. The zero-order valence-electron chi connectivity index (χ0n) is 20.1. The number of carboxylic acid groups (broad SMARTS) is 1. The molecule has 0 aromatic heterocycles. The normalized spacial score (nSPS) is 16.6. The molecule has 1 aliphatic heterocycles. The summed E-state index contributed by atoms with van der Waals surface area (Å²) in [5.41, 5.74) is 4.62. The molecule has 1 aliphatic carbocycles. The van der Waals surface area contributed by atoms with Gasteiger partial charge in [-0.1, -0.05) is 55.5 Å². The quantitative estimate of drug-likeness (QED) is 0.539. The van der Waals surface area contributed by atoms with Crippen molar-refractivity contribution in [2.45, 2.75) is 32.3 Å². The number of ether oxygens (including phenoxy) is 2. The first-order valence-electron chi connectivity index (χ1n) is 12.1. The molecule has 0 saturated carbocycles. The highest BCUT2D eigenvalue weighted by atomic mass is 16.5. The number of carbonyl (C=O) groups excluding carboxylic acids is 2. The number of carbonyl (C=O) groups is 3. The summed E-state index contributed by atoms with van der Waals surface area (Å²) >= 11 is 0. The number of nitrogens with zero attached hydrogens (tertiary/aromatic N) is 1. The van der Waals surface area contributed by atoms with Gasteiger partial charge in [0.15, 0.2) is 0 Å². The highest BCUT2D eigenvalue weighted by Crippen LogP contribution is 2.44. The van der Waals surface area contributed by atoms with Crippen molar-refractivity contribution in [3.63, 3.8) is 0 Å². The summed E-state index contributed by atoms with van der Waals surface area (Å²) in [7, 11) is 0. The fourth-order valence-electron chi connectivity index (χ4n) is 4.83. The molecule has 2 aromatic carbocycles. The number of likely N-dealkylation sites (tertiary alicyclic amines) is 1. The Hall–Kier alpha value is -3.39. The molecule has 2 amide bonds. The van der Waals surface area contributed by atoms with Crippen LogP contribution in [-0.4, -0.2) is 66.9 Å². The van der Waals surface area contributed by atoms with Crippen LogP contribution >= 0.6 is 0 Å². The molecule has 2 N–H and O–H groups in total. The maximum Gasteiger partial charge on any atom is 0.407 e. The Morgan fingerprint density at radius 1 is 1.06 bits per heavy atom. The summed E-state index contributed by atoms with van der Waals surface area (Å²) in [5.74, 6) is -1.48. The van der Waals surface area contributed by atoms with E-state index in [4.69, 9.17) is 14.6 Å². The maximum absolute atomic E-state index is 12.6. The van der Waals surface area contributed by atoms with E-state index in [2.05, 4.69) is 29.6 Å². The van der Waals surface area contributed by atoms with Crippen molar-refractivity contribution < 1.29 is 29.0 Å². The van der Waals surface area contributed by atoms with E-state index >= 15 is 0 Å². The van der Waals surface area contributed by atoms with Crippen LogP contribution in [0.1, 0.15) is 37.3 Å². The number of nitrogens with one attached hydrogen (secondary N) is 1. The average molecular weight is 481 g/mol. The monoisotopic (exact) mass is 480 g/mol. The fraction of sp³-hybridized carbons (Fsp3) is 0.444. The second kappa shape index (κ2) is 10.9. The van der Waals surface area contributed by atoms with Crippen LogP contribution in [0, 0.1) is 11.8 Å². The second-order valence-corrected chi connectivity index (χ2v) is 9.17. The van der Waals surface area contributed by atoms with Crippen molar-refractivity contribution >= 4 is 18.0 Å². The molecule has 0 bridgehead atoms. The van der Waals surface area contributed by atoms with Crippen LogP contribution in [0.4, 0.5) is 4.79 Å². The number of alkyl carbamates (subject to hydrolysis) is 1. The standard InChI is InChI=1S/C27H32N2O6/c1-3-34-19(12-25(30)29-14-18(15-29)17(2)26(31)32)13-28-27(33)35-16-24-22-10-6-4-8-20(22)21-9-5-7-11-23(21)24/h4-11,17-19,24H,3,12-16H2,1-2H3,(H,28,33)(H,31,32). The molecular formula is C27H32N2O6. The van der Waals surface area contributed by atoms with E-state index in [1.54, 1.807) is 11.8 Å². The highest BCUT2D eigenvalue weighted by Gasteiger charge is 2.37. The number of aliphatic carboxylic acids is 1. The van der Waals surface area contributed by atoms with E-state index in [9.17, 15) is 14.4 Å². The molecule has 8 heteroatoms. The highest BCUT2D eigenvalue weighted by molar-refractivity contribution is 5.79. The Kier molecular flexibility index (Phi) is 7.70. The lowest BCUT2D eigenvalue weighted by atomic mass is 9.87. The van der Waals surface area contributed by atoms with Gasteiger partial charge in [-0.25, -0.2) is 4.79 Å². The van der Waals surface area contributed by atoms with Crippen molar-refractivity contribution in [3.05, 3.63) is 59.7 Å². The number of benzene rings is 2. The van der Waals surface area contributed by atoms with Gasteiger partial charge in [-0.05, 0) is 29.2 Å². The molecule has 2 atom stereocenters. The molecule has 8 nitrogen and oxygen atoms in total. The first-order chi connectivity index (χ1) is 16.9. The van der Waals surface area contributed by atoms with Crippen LogP contribution in [-0.2, 0) is 19.1 Å². The van der Waals surface area contributed by atoms with Crippen LogP contribution in [0.5, 0.6) is 0 Å². The lowest BCUT2D eigenvalue weighted by Crippen LogP contribution is -2.54. The Balaban J connectivity index is 1.26. The van der Waals surface area contributed by atoms with Gasteiger partial charge in [0.05, 0.1) is 18.4 Å². The summed E-state index contributed by atoms with van der Waals surface area (Å²) in [5, 5.41) is 11.8. The molecule has 0 radical (unpaired) electrons. The molecule has 0 spiro atoms. The number of amides is 2. The third-order valence-electron chi connectivity index (χ3n) is 6.98. The van der Waals surface area contributed by atoms with Gasteiger partial charge >= 0.3 is 12.1 Å². The minimum atomic E-state index is -0.846. The summed E-state index contributed by atoms with van der Waals surface area (Å²) in [6.07, 6.45) is -0.918. The lowest BCUT2D eigenvalue weighted by Gasteiger charge is -2.41. The van der Waals surface area contributed by atoms with Gasteiger partial charge in [0.2, 0.25) is 5.91 Å². The molecule has 35 heavy (non-hydrogen) atoms. The molecule has 2 aliphatic rings. The SMILES string of the molecule is CCOC(CNC(=O)OCC1c2ccccc2-c2ccccc21)CC(=O)N1CC(C(C)C(=O)O)C1. The minimum Gasteiger partial charge on any atom is -0.481 e. The van der Waals surface area contributed by atoms with E-state index in [1.807, 2.05) is 31.2 Å². The second-order valence-electron chi connectivity index (χ2n) is 9.17. The van der Waals surface area contributed by atoms with Gasteiger partial charge in [0, 0.05) is 38.1 Å². The number of carboxylic acids is 1. The Bertz CT molecular complexity index is 1040. The van der Waals surface area contributed by atoms with E-state index in [1.165, 1.54) is 0 Å². The fourth-order valence-corrected chi connectivity index (χ4v) is 4.83. The van der Waals surface area contributed by atoms with Crippen LogP contribution in [0.3, 0.4) is 0 Å². The van der Waals surface area contributed by atoms with Gasteiger partial charge in [0.1, 0.15) is 6.61 Å². The molecule has 1 heterocycles. The number of hydrogen-bond donors (Lipinski definition) is 2. The largest absolute Gasteiger partial charge is 0.481 e. The van der Waals surface area contributed by atoms with Crippen molar-refractivity contribution in [2.24, 2.45) is 11.8 Å². The van der Waals surface area contributed by atoms with Crippen LogP contribution in [0.15, 0.2) is 48.5 Å². The van der Waals surface area contributed by atoms with E-state index in [0.717, 1.165) is 22.3 Å². The van der Waals surface area contributed by atoms with Crippen molar-refractivity contribution in [3.8, 4) is 11.1 Å². The van der Waals surface area contributed by atoms with Crippen LogP contribution in [0.2, 0.25) is 0 Å². The molecule has 2 unspecified atom stereocenters. The molecule has 2 aromatic rings. The van der Waals surface area contributed by atoms with Crippen LogP contribution in [0.25, 0.3) is 11.1 Å². The van der Waals surface area contributed by atoms with E-state index in [-0.39, 0.29) is 37.3 Å². The molecular weight excluding hydrogens is 448 g/mol. The molecule has 4 rings (SSSR count). The number of fused-ring (bicyclic) bond motifs is 3. The zero-order valence-corrected chi connectivity index (χ0v) is 20.1. The topological polar surface area (TPSA) is 105 Å². The van der Waals surface area contributed by atoms with Crippen molar-refractivity contribution in [1.82, 2.24) is 10.2 Å². The van der Waals surface area contributed by atoms with Crippen LogP contribution < -0.4 is 5.32 Å². The van der Waals surface area contributed by atoms with E-state index in [0.29, 0.717) is 19.7 Å². The summed E-state index contributed by atoms with van der Waals surface area (Å²) in [6, 6.07) is 16.3. The Morgan fingerprint density at radius 2 is 1.66 bits per heavy atom. The lowest BCUT2D eigenvalue weighted by molar-refractivity contribution is -0.151. The number of hydrogen-bond acceptors (Lipinski definition) is 5. The molecule has 186 valence electrons. The first kappa shape index (κ1) is 24.7. The average Bonchev–Trinajstić information content (AvgIpc) is 3.14. The third-order valence-corrected chi connectivity index (χ3v) is 6.98. The Labute approximate surface area is 205 Å². The minimum absolute atomic E-state index is 0.0232. The third kappa shape index (κ3) is 5.48. The number of rotatable bonds is 10. The summed E-state index contributed by atoms with van der Waals surface area (Å²) in [4.78, 5) is 37.8. The van der Waals surface area contributed by atoms with E-state index < -0.39 is 24.1 Å². The van der Waals surface area contributed by atoms with Crippen molar-refractivity contribution in [1.29, 1.82) is 0 Å². The van der Waals surface area contributed by atoms with Crippen molar-refractivity contribution in [2.75, 3.05) is 32.8 Å². The first-order valence-corrected chi connectivity index (χ1v) is 12.1. The van der Waals surface area contributed by atoms with Gasteiger partial charge in [0.25, 0.3) is 0 Å². The predicted molar refractivity (Wildman–Crippen MR) is 130 cm³/mol. The zero-order chi connectivity index (χ0) is 24.9. The molecule has 1 saturated heterocycles. The predicted octanol–water partition coefficient (Wildman–Crippen LogP) is 3.50. The van der Waals surface area contributed by atoms with Gasteiger partial charge in [-0.15, -0.1) is 0 Å².